The molecule has 0 saturated carbocycles. The van der Waals surface area contributed by atoms with Crippen LogP contribution in [-0.2, 0) is 12.7 Å². The number of H-pyrrole nitrogens is 1. The lowest BCUT2D eigenvalue weighted by molar-refractivity contribution is -0.142. The largest absolute Gasteiger partial charge is 0.433 e. The summed E-state index contributed by atoms with van der Waals surface area (Å²) in [6, 6.07) is 6.97. The molecule has 0 aromatic carbocycles. The van der Waals surface area contributed by atoms with E-state index < -0.39 is 11.9 Å². The highest BCUT2D eigenvalue weighted by Gasteiger charge is 2.35. The maximum absolute atomic E-state index is 13.1. The molecule has 0 spiro atoms. The van der Waals surface area contributed by atoms with Gasteiger partial charge in [0.15, 0.2) is 0 Å². The third-order valence-corrected chi connectivity index (χ3v) is 4.64. The number of alkyl halides is 3. The second-order valence-electron chi connectivity index (χ2n) is 6.33. The van der Waals surface area contributed by atoms with E-state index in [9.17, 15) is 13.2 Å². The molecule has 0 radical (unpaired) electrons. The predicted octanol–water partition coefficient (Wildman–Crippen LogP) is 4.27. The topological polar surface area (TPSA) is 44.8 Å². The molecule has 3 aromatic rings. The van der Waals surface area contributed by atoms with Gasteiger partial charge in [0, 0.05) is 49.2 Å². The lowest BCUT2D eigenvalue weighted by Gasteiger charge is -2.27. The van der Waals surface area contributed by atoms with Gasteiger partial charge in [-0.15, -0.1) is 0 Å². The van der Waals surface area contributed by atoms with Crippen LogP contribution in [0.2, 0.25) is 0 Å². The van der Waals surface area contributed by atoms with E-state index in [1.807, 2.05) is 23.2 Å². The van der Waals surface area contributed by atoms with E-state index in [0.29, 0.717) is 13.1 Å². The quantitative estimate of drug-likeness (QED) is 0.761. The Balaban J connectivity index is 1.52. The zero-order valence-corrected chi connectivity index (χ0v) is 13.9. The van der Waals surface area contributed by atoms with Crippen molar-refractivity contribution in [3.8, 4) is 0 Å². The molecule has 0 fully saturated rings. The highest BCUT2D eigenvalue weighted by atomic mass is 19.4. The van der Waals surface area contributed by atoms with Crippen LogP contribution in [0.4, 0.5) is 13.2 Å². The van der Waals surface area contributed by atoms with Crippen LogP contribution in [0.3, 0.4) is 0 Å². The Morgan fingerprint density at radius 3 is 2.69 bits per heavy atom. The van der Waals surface area contributed by atoms with Gasteiger partial charge in [-0.25, -0.2) is 4.98 Å². The summed E-state index contributed by atoms with van der Waals surface area (Å²) in [7, 11) is 0. The fourth-order valence-electron chi connectivity index (χ4n) is 3.38. The minimum atomic E-state index is -4.43. The van der Waals surface area contributed by atoms with Gasteiger partial charge in [-0.1, -0.05) is 12.1 Å². The number of pyridine rings is 2. The van der Waals surface area contributed by atoms with Crippen LogP contribution in [0, 0.1) is 0 Å². The van der Waals surface area contributed by atoms with Gasteiger partial charge in [-0.2, -0.15) is 13.2 Å². The Labute approximate surface area is 148 Å². The Kier molecular flexibility index (Phi) is 4.24. The highest BCUT2D eigenvalue weighted by Crippen LogP contribution is 2.32. The number of halogens is 3. The summed E-state index contributed by atoms with van der Waals surface area (Å²) in [6.45, 7) is 1.54. The van der Waals surface area contributed by atoms with E-state index in [-0.39, 0.29) is 12.1 Å². The summed E-state index contributed by atoms with van der Waals surface area (Å²) >= 11 is 0. The van der Waals surface area contributed by atoms with Gasteiger partial charge < -0.3 is 4.98 Å². The van der Waals surface area contributed by atoms with Crippen molar-refractivity contribution in [2.45, 2.75) is 19.1 Å². The smallest absolute Gasteiger partial charge is 0.346 e. The summed E-state index contributed by atoms with van der Waals surface area (Å²) in [5.41, 5.74) is 2.58. The molecule has 0 unspecified atom stereocenters. The summed E-state index contributed by atoms with van der Waals surface area (Å²) < 4.78 is 39.3. The second kappa shape index (κ2) is 6.57. The number of aromatic amines is 1. The molecular weight excluding hydrogens is 341 g/mol. The number of hydrogen-bond acceptors (Lipinski definition) is 3. The van der Waals surface area contributed by atoms with Crippen molar-refractivity contribution >= 4 is 16.6 Å². The summed E-state index contributed by atoms with van der Waals surface area (Å²) in [5, 5.41) is 1.07. The van der Waals surface area contributed by atoms with Gasteiger partial charge in [0.1, 0.15) is 11.3 Å². The number of nitrogens with one attached hydrogen (secondary N) is 1. The highest BCUT2D eigenvalue weighted by molar-refractivity contribution is 5.90. The minimum Gasteiger partial charge on any atom is -0.346 e. The number of aromatic nitrogens is 3. The van der Waals surface area contributed by atoms with E-state index >= 15 is 0 Å². The van der Waals surface area contributed by atoms with E-state index in [1.165, 1.54) is 17.8 Å². The first kappa shape index (κ1) is 16.8. The van der Waals surface area contributed by atoms with Crippen LogP contribution in [0.1, 0.15) is 23.2 Å². The first-order chi connectivity index (χ1) is 12.5. The normalized spacial score (nSPS) is 16.0. The maximum atomic E-state index is 13.1. The van der Waals surface area contributed by atoms with Crippen molar-refractivity contribution in [2.24, 2.45) is 0 Å². The minimum absolute atomic E-state index is 0.216. The Morgan fingerprint density at radius 2 is 1.92 bits per heavy atom. The van der Waals surface area contributed by atoms with Gasteiger partial charge in [-0.05, 0) is 35.8 Å². The maximum Gasteiger partial charge on any atom is 0.433 e. The molecule has 4 heterocycles. The molecular formula is C19H17F3N4. The third-order valence-electron chi connectivity index (χ3n) is 4.64. The van der Waals surface area contributed by atoms with Crippen LogP contribution in [0.25, 0.3) is 16.6 Å². The summed E-state index contributed by atoms with van der Waals surface area (Å²) in [5.74, 6) is 0. The molecule has 7 heteroatoms. The molecule has 4 nitrogen and oxygen atoms in total. The van der Waals surface area contributed by atoms with Crippen molar-refractivity contribution in [1.29, 1.82) is 0 Å². The number of fused-ring (bicyclic) bond motifs is 1. The zero-order chi connectivity index (χ0) is 18.1. The van der Waals surface area contributed by atoms with Crippen molar-refractivity contribution in [1.82, 2.24) is 19.9 Å². The zero-order valence-electron chi connectivity index (χ0n) is 13.9. The van der Waals surface area contributed by atoms with Gasteiger partial charge in [-0.3, -0.25) is 9.88 Å². The molecule has 0 aliphatic carbocycles. The van der Waals surface area contributed by atoms with Crippen molar-refractivity contribution in [3.63, 3.8) is 0 Å². The molecule has 0 amide bonds. The molecule has 1 aliphatic heterocycles. The number of nitrogens with zero attached hydrogens (tertiary/aromatic N) is 3. The van der Waals surface area contributed by atoms with Crippen molar-refractivity contribution < 1.29 is 13.2 Å². The van der Waals surface area contributed by atoms with Crippen LogP contribution in [0.15, 0.2) is 48.9 Å². The predicted molar refractivity (Wildman–Crippen MR) is 93.2 cm³/mol. The Morgan fingerprint density at radius 1 is 1.12 bits per heavy atom. The van der Waals surface area contributed by atoms with Gasteiger partial charge in [0.2, 0.25) is 0 Å². The van der Waals surface area contributed by atoms with Crippen LogP contribution < -0.4 is 0 Å². The molecule has 26 heavy (non-hydrogen) atoms. The fourth-order valence-corrected chi connectivity index (χ4v) is 3.38. The van der Waals surface area contributed by atoms with Gasteiger partial charge in [0.05, 0.1) is 0 Å². The molecule has 0 bridgehead atoms. The summed E-state index contributed by atoms with van der Waals surface area (Å²) in [6.07, 6.45) is 3.32. The molecule has 0 atom stereocenters. The SMILES string of the molecule is FC(F)(F)c1ncccc1CN1CC=C(c2c[nH]c3ncccc23)CC1. The van der Waals surface area contributed by atoms with Crippen molar-refractivity contribution in [3.05, 3.63) is 65.8 Å². The van der Waals surface area contributed by atoms with Crippen LogP contribution in [0.5, 0.6) is 0 Å². The standard InChI is InChI=1S/C19H17F3N4/c20-19(21,22)17-14(3-1-7-23-17)12-26-9-5-13(6-10-26)16-11-25-18-15(16)4-2-8-24-18/h1-5,7-8,11H,6,9-10,12H2,(H,24,25). The first-order valence-corrected chi connectivity index (χ1v) is 8.37. The van der Waals surface area contributed by atoms with E-state index in [4.69, 9.17) is 0 Å². The third kappa shape index (κ3) is 3.22. The van der Waals surface area contributed by atoms with Gasteiger partial charge >= 0.3 is 6.18 Å². The molecule has 3 aromatic heterocycles. The average molecular weight is 358 g/mol. The molecule has 0 saturated heterocycles. The van der Waals surface area contributed by atoms with Gasteiger partial charge in [0.25, 0.3) is 0 Å². The number of rotatable bonds is 3. The first-order valence-electron chi connectivity index (χ1n) is 8.37. The number of hydrogen-bond donors (Lipinski definition) is 1. The lowest BCUT2D eigenvalue weighted by Crippen LogP contribution is -2.29. The molecule has 1 N–H and O–H groups in total. The Hall–Kier alpha value is -2.67. The molecule has 134 valence electrons. The molecule has 4 rings (SSSR count). The lowest BCUT2D eigenvalue weighted by atomic mass is 9.99. The monoisotopic (exact) mass is 358 g/mol. The van der Waals surface area contributed by atoms with E-state index in [2.05, 4.69) is 21.0 Å². The van der Waals surface area contributed by atoms with Crippen LogP contribution in [-0.4, -0.2) is 32.9 Å². The Bertz CT molecular complexity index is 959. The molecule has 1 aliphatic rings. The second-order valence-corrected chi connectivity index (χ2v) is 6.33. The van der Waals surface area contributed by atoms with Crippen LogP contribution >= 0.6 is 0 Å². The van der Waals surface area contributed by atoms with Crippen molar-refractivity contribution in [2.75, 3.05) is 13.1 Å². The average Bonchev–Trinajstić information content (AvgIpc) is 3.06. The summed E-state index contributed by atoms with van der Waals surface area (Å²) in [4.78, 5) is 13.0. The fraction of sp³-hybridized carbons (Fsp3) is 0.263. The van der Waals surface area contributed by atoms with E-state index in [1.54, 1.807) is 12.3 Å². The van der Waals surface area contributed by atoms with E-state index in [0.717, 1.165) is 23.0 Å².